The number of aryl methyl sites for hydroxylation is 1. The van der Waals surface area contributed by atoms with Crippen molar-refractivity contribution in [1.82, 2.24) is 19.9 Å². The van der Waals surface area contributed by atoms with Crippen molar-refractivity contribution in [3.05, 3.63) is 35.9 Å². The van der Waals surface area contributed by atoms with E-state index in [9.17, 15) is 14.4 Å². The molecule has 0 unspecified atom stereocenters. The Morgan fingerprint density at radius 2 is 1.98 bits per heavy atom. The average Bonchev–Trinajstić information content (AvgIpc) is 3.92. The van der Waals surface area contributed by atoms with Crippen LogP contribution in [0.15, 0.2) is 30.4 Å². The molecule has 5 N–H and O–H groups in total. The third-order valence-corrected chi connectivity index (χ3v) is 11.3. The SMILES string of the molecule is COc1ccc2c(O[C@@H]3C[C@H]4C(=O)N[C@]5(C(=O)NSC6(C)CC6)C[C@H]5/C=C\CCCCC[C@H]([NH3+])C(=O)N4C3)cc(OC(C)C)nc2c1C. The lowest BCUT2D eigenvalue weighted by Gasteiger charge is -2.27. The number of nitrogens with zero attached hydrogens (tertiary/aromatic N) is 2. The zero-order chi connectivity index (χ0) is 34.2. The number of benzene rings is 1. The summed E-state index contributed by atoms with van der Waals surface area (Å²) in [7, 11) is 1.62. The normalized spacial score (nSPS) is 29.2. The number of pyridine rings is 1. The summed E-state index contributed by atoms with van der Waals surface area (Å²) in [5.41, 5.74) is 4.72. The predicted octanol–water partition coefficient (Wildman–Crippen LogP) is 4.01. The molecule has 2 aromatic rings. The fraction of sp³-hybridized carbons (Fsp3) is 0.611. The smallest absolute Gasteiger partial charge is 0.281 e. The summed E-state index contributed by atoms with van der Waals surface area (Å²) in [6, 6.07) is 4.27. The number of methoxy groups -OCH3 is 1. The minimum Gasteiger partial charge on any atom is -0.496 e. The highest BCUT2D eigenvalue weighted by atomic mass is 32.2. The van der Waals surface area contributed by atoms with E-state index in [-0.39, 0.29) is 47.5 Å². The van der Waals surface area contributed by atoms with Crippen LogP contribution in [-0.2, 0) is 14.4 Å². The molecular weight excluding hydrogens is 630 g/mol. The second kappa shape index (κ2) is 13.8. The summed E-state index contributed by atoms with van der Waals surface area (Å²) in [6.45, 7) is 8.17. The second-order valence-electron chi connectivity index (χ2n) is 14.4. The minimum absolute atomic E-state index is 0.0551. The van der Waals surface area contributed by atoms with Crippen molar-refractivity contribution in [3.63, 3.8) is 0 Å². The van der Waals surface area contributed by atoms with Gasteiger partial charge in [0.15, 0.2) is 6.04 Å². The monoisotopic (exact) mass is 680 g/mol. The van der Waals surface area contributed by atoms with Gasteiger partial charge in [0.1, 0.15) is 29.2 Å². The highest BCUT2D eigenvalue weighted by Crippen LogP contribution is 2.49. The summed E-state index contributed by atoms with van der Waals surface area (Å²) < 4.78 is 21.3. The molecular formula is C36H50N5O6S+. The van der Waals surface area contributed by atoms with Crippen molar-refractivity contribution >= 4 is 40.6 Å². The molecule has 11 nitrogen and oxygen atoms in total. The highest BCUT2D eigenvalue weighted by molar-refractivity contribution is 7.99. The van der Waals surface area contributed by atoms with E-state index in [2.05, 4.69) is 34.8 Å². The van der Waals surface area contributed by atoms with Crippen LogP contribution in [0.4, 0.5) is 0 Å². The molecule has 0 spiro atoms. The van der Waals surface area contributed by atoms with E-state index >= 15 is 0 Å². The second-order valence-corrected chi connectivity index (χ2v) is 15.8. The van der Waals surface area contributed by atoms with Crippen LogP contribution in [0, 0.1) is 12.8 Å². The van der Waals surface area contributed by atoms with Crippen molar-refractivity contribution in [2.24, 2.45) is 5.92 Å². The van der Waals surface area contributed by atoms with Crippen LogP contribution in [0.25, 0.3) is 10.9 Å². The minimum atomic E-state index is -1.04. The number of carbonyl (C=O) groups excluding carboxylic acids is 3. The maximum atomic E-state index is 14.2. The molecule has 4 aliphatic rings. The first-order chi connectivity index (χ1) is 22.9. The van der Waals surface area contributed by atoms with Gasteiger partial charge in [-0.15, -0.1) is 0 Å². The van der Waals surface area contributed by atoms with Crippen LogP contribution >= 0.6 is 11.9 Å². The molecule has 2 aliphatic heterocycles. The van der Waals surface area contributed by atoms with Gasteiger partial charge < -0.3 is 30.2 Å². The first kappa shape index (κ1) is 34.4. The number of amides is 3. The molecule has 12 heteroatoms. The first-order valence-electron chi connectivity index (χ1n) is 17.4. The molecule has 2 aliphatic carbocycles. The Balaban J connectivity index is 1.29. The first-order valence-corrected chi connectivity index (χ1v) is 18.2. The molecule has 1 aromatic carbocycles. The number of ether oxygens (including phenoxy) is 3. The van der Waals surface area contributed by atoms with Gasteiger partial charge in [-0.1, -0.05) is 18.6 Å². The van der Waals surface area contributed by atoms with E-state index in [4.69, 9.17) is 19.2 Å². The number of allylic oxidation sites excluding steroid dienone is 1. The zero-order valence-corrected chi connectivity index (χ0v) is 29.6. The number of aromatic nitrogens is 1. The number of fused-ring (bicyclic) bond motifs is 3. The number of nitrogens with one attached hydrogen (secondary N) is 2. The molecule has 6 rings (SSSR count). The Kier molecular flexibility index (Phi) is 9.86. The number of hydrogen-bond donors (Lipinski definition) is 3. The molecule has 3 heterocycles. The average molecular weight is 681 g/mol. The van der Waals surface area contributed by atoms with E-state index in [0.29, 0.717) is 35.7 Å². The van der Waals surface area contributed by atoms with Crippen molar-refractivity contribution in [2.45, 2.75) is 120 Å². The quantitative estimate of drug-likeness (QED) is 0.280. The van der Waals surface area contributed by atoms with Crippen molar-refractivity contribution in [3.8, 4) is 17.4 Å². The lowest BCUT2D eigenvalue weighted by molar-refractivity contribution is -0.407. The summed E-state index contributed by atoms with van der Waals surface area (Å²) in [5, 5.41) is 3.92. The van der Waals surface area contributed by atoms with Crippen LogP contribution < -0.4 is 30.0 Å². The van der Waals surface area contributed by atoms with Gasteiger partial charge in [0, 0.05) is 40.5 Å². The molecule has 48 heavy (non-hydrogen) atoms. The van der Waals surface area contributed by atoms with Gasteiger partial charge in [-0.2, -0.15) is 0 Å². The fourth-order valence-electron chi connectivity index (χ4n) is 6.80. The van der Waals surface area contributed by atoms with E-state index in [1.54, 1.807) is 18.1 Å². The molecule has 3 amide bonds. The van der Waals surface area contributed by atoms with Crippen molar-refractivity contribution < 1.29 is 34.3 Å². The van der Waals surface area contributed by atoms with Gasteiger partial charge in [0.25, 0.3) is 11.8 Å². The summed E-state index contributed by atoms with van der Waals surface area (Å²) in [4.78, 5) is 48.2. The Labute approximate surface area is 287 Å². The Morgan fingerprint density at radius 1 is 1.19 bits per heavy atom. The van der Waals surface area contributed by atoms with E-state index < -0.39 is 23.7 Å². The van der Waals surface area contributed by atoms with E-state index in [1.165, 1.54) is 11.9 Å². The third kappa shape index (κ3) is 7.24. The van der Waals surface area contributed by atoms with Crippen molar-refractivity contribution in [2.75, 3.05) is 13.7 Å². The lowest BCUT2D eigenvalue weighted by Crippen LogP contribution is -2.69. The van der Waals surface area contributed by atoms with Crippen LogP contribution in [0.1, 0.15) is 84.1 Å². The summed E-state index contributed by atoms with van der Waals surface area (Å²) in [6.07, 6.45) is 11.0. The summed E-state index contributed by atoms with van der Waals surface area (Å²) in [5.74, 6) is 0.895. The molecule has 3 fully saturated rings. The largest absolute Gasteiger partial charge is 0.496 e. The van der Waals surface area contributed by atoms with Gasteiger partial charge in [0.2, 0.25) is 11.8 Å². The topological polar surface area (TPSA) is 147 Å². The van der Waals surface area contributed by atoms with E-state index in [1.807, 2.05) is 32.9 Å². The van der Waals surface area contributed by atoms with Gasteiger partial charge in [-0.05, 0) is 90.3 Å². The lowest BCUT2D eigenvalue weighted by atomic mass is 10.1. The Hall–Kier alpha value is -3.51. The zero-order valence-electron chi connectivity index (χ0n) is 28.8. The number of carbonyl (C=O) groups is 3. The molecule has 0 bridgehead atoms. The van der Waals surface area contributed by atoms with Crippen molar-refractivity contribution in [1.29, 1.82) is 0 Å². The standard InChI is InChI=1S/C36H49N5O6S/c1-21(2)46-30-18-29(25-13-14-28(45-5)22(3)31(25)38-30)47-24-17-27-32(42)39-36(34(44)40-48-35(4)15-16-35)19-23(36)11-9-7-6-8-10-12-26(37)33(43)41(27)20-24/h9,11,13-14,18,21,23-24,26-27H,6-8,10,12,15-17,19-20,37H2,1-5H3,(H,39,42)(H,40,44)/p+1/b11-9-/t23-,24-,26+,27+,36-/m1/s1. The molecule has 1 saturated heterocycles. The molecule has 260 valence electrons. The van der Waals surface area contributed by atoms with E-state index in [0.717, 1.165) is 49.5 Å². The highest BCUT2D eigenvalue weighted by Gasteiger charge is 2.61. The summed E-state index contributed by atoms with van der Waals surface area (Å²) >= 11 is 1.45. The number of quaternary nitrogens is 1. The van der Waals surface area contributed by atoms with Gasteiger partial charge >= 0.3 is 0 Å². The van der Waals surface area contributed by atoms with Crippen LogP contribution in [0.3, 0.4) is 0 Å². The molecule has 0 radical (unpaired) electrons. The van der Waals surface area contributed by atoms with Gasteiger partial charge in [-0.25, -0.2) is 4.98 Å². The van der Waals surface area contributed by atoms with Gasteiger partial charge in [-0.3, -0.25) is 19.1 Å². The van der Waals surface area contributed by atoms with Crippen LogP contribution in [0.2, 0.25) is 0 Å². The van der Waals surface area contributed by atoms with Gasteiger partial charge in [0.05, 0.1) is 25.3 Å². The number of rotatable bonds is 8. The third-order valence-electron chi connectivity index (χ3n) is 10.1. The predicted molar refractivity (Wildman–Crippen MR) is 185 cm³/mol. The molecule has 1 aromatic heterocycles. The Bertz CT molecular complexity index is 1590. The fourth-order valence-corrected chi connectivity index (χ4v) is 7.63. The Morgan fingerprint density at radius 3 is 2.71 bits per heavy atom. The maximum absolute atomic E-state index is 14.2. The molecule has 2 saturated carbocycles. The molecule has 5 atom stereocenters. The maximum Gasteiger partial charge on any atom is 0.281 e. The number of hydrogen-bond acceptors (Lipinski definition) is 8. The van der Waals surface area contributed by atoms with Crippen LogP contribution in [0.5, 0.6) is 17.4 Å². The van der Waals surface area contributed by atoms with Crippen LogP contribution in [-0.4, -0.2) is 75.8 Å².